The molecular weight excluding hydrogens is 214 g/mol. The summed E-state index contributed by atoms with van der Waals surface area (Å²) in [7, 11) is 1.88. The summed E-state index contributed by atoms with van der Waals surface area (Å²) in [6, 6.07) is 7.70. The molecule has 2 rings (SSSR count). The van der Waals surface area contributed by atoms with Crippen LogP contribution in [0.5, 0.6) is 5.75 Å². The van der Waals surface area contributed by atoms with Gasteiger partial charge in [0.05, 0.1) is 18.8 Å². The van der Waals surface area contributed by atoms with Crippen LogP contribution in [0.15, 0.2) is 36.7 Å². The Kier molecular flexibility index (Phi) is 3.44. The van der Waals surface area contributed by atoms with Crippen molar-refractivity contribution in [3.8, 4) is 5.75 Å². The average molecular weight is 231 g/mol. The standard InChI is InChI=1S/C13H17N3O/c1-3-17-12-6-4-5-10(7-12)13(14)11-8-15-16(2)9-11/h4-9,13H,3,14H2,1-2H3. The first-order valence-corrected chi connectivity index (χ1v) is 5.67. The molecule has 1 heterocycles. The van der Waals surface area contributed by atoms with Crippen LogP contribution >= 0.6 is 0 Å². The SMILES string of the molecule is CCOc1cccc(C(N)c2cnn(C)c2)c1. The van der Waals surface area contributed by atoms with Crippen molar-refractivity contribution in [1.82, 2.24) is 9.78 Å². The minimum absolute atomic E-state index is 0.163. The summed E-state index contributed by atoms with van der Waals surface area (Å²) in [5.74, 6) is 0.851. The molecule has 90 valence electrons. The van der Waals surface area contributed by atoms with Crippen LogP contribution in [0.25, 0.3) is 0 Å². The van der Waals surface area contributed by atoms with Gasteiger partial charge in [-0.3, -0.25) is 4.68 Å². The highest BCUT2D eigenvalue weighted by atomic mass is 16.5. The predicted octanol–water partition coefficient (Wildman–Crippen LogP) is 1.87. The zero-order chi connectivity index (χ0) is 12.3. The molecule has 4 nitrogen and oxygen atoms in total. The van der Waals surface area contributed by atoms with Crippen molar-refractivity contribution in [2.75, 3.05) is 6.61 Å². The number of nitrogens with zero attached hydrogens (tertiary/aromatic N) is 2. The largest absolute Gasteiger partial charge is 0.494 e. The Morgan fingerprint density at radius 2 is 2.24 bits per heavy atom. The maximum absolute atomic E-state index is 6.19. The Hall–Kier alpha value is -1.81. The first-order chi connectivity index (χ1) is 8.20. The van der Waals surface area contributed by atoms with E-state index in [0.29, 0.717) is 6.61 Å². The molecule has 1 aromatic heterocycles. The van der Waals surface area contributed by atoms with E-state index in [-0.39, 0.29) is 6.04 Å². The second-order valence-electron chi connectivity index (χ2n) is 3.93. The van der Waals surface area contributed by atoms with E-state index in [2.05, 4.69) is 5.10 Å². The van der Waals surface area contributed by atoms with E-state index in [4.69, 9.17) is 10.5 Å². The molecule has 0 amide bonds. The van der Waals surface area contributed by atoms with Crippen molar-refractivity contribution < 1.29 is 4.74 Å². The number of hydrogen-bond donors (Lipinski definition) is 1. The van der Waals surface area contributed by atoms with Crippen LogP contribution in [0.1, 0.15) is 24.1 Å². The molecule has 2 aromatic rings. The number of hydrogen-bond acceptors (Lipinski definition) is 3. The number of ether oxygens (including phenoxy) is 1. The van der Waals surface area contributed by atoms with Gasteiger partial charge in [0.25, 0.3) is 0 Å². The second kappa shape index (κ2) is 5.01. The number of nitrogens with two attached hydrogens (primary N) is 1. The molecule has 0 aliphatic carbocycles. The van der Waals surface area contributed by atoms with E-state index in [9.17, 15) is 0 Å². The molecule has 4 heteroatoms. The predicted molar refractivity (Wildman–Crippen MR) is 66.8 cm³/mol. The van der Waals surface area contributed by atoms with Gasteiger partial charge >= 0.3 is 0 Å². The van der Waals surface area contributed by atoms with E-state index < -0.39 is 0 Å². The Morgan fingerprint density at radius 3 is 2.88 bits per heavy atom. The molecule has 0 saturated carbocycles. The van der Waals surface area contributed by atoms with Crippen molar-refractivity contribution in [3.05, 3.63) is 47.8 Å². The van der Waals surface area contributed by atoms with E-state index in [1.807, 2.05) is 44.4 Å². The molecule has 2 N–H and O–H groups in total. The minimum Gasteiger partial charge on any atom is -0.494 e. The number of rotatable bonds is 4. The summed E-state index contributed by atoms with van der Waals surface area (Å²) in [5.41, 5.74) is 8.22. The Labute approximate surface area is 101 Å². The molecule has 0 saturated heterocycles. The molecule has 1 atom stereocenters. The lowest BCUT2D eigenvalue weighted by atomic mass is 10.0. The van der Waals surface area contributed by atoms with Crippen molar-refractivity contribution in [2.45, 2.75) is 13.0 Å². The Morgan fingerprint density at radius 1 is 1.41 bits per heavy atom. The zero-order valence-corrected chi connectivity index (χ0v) is 10.1. The van der Waals surface area contributed by atoms with Gasteiger partial charge in [-0.05, 0) is 24.6 Å². The lowest BCUT2D eigenvalue weighted by Crippen LogP contribution is -2.11. The summed E-state index contributed by atoms with van der Waals surface area (Å²) < 4.78 is 7.21. The normalized spacial score (nSPS) is 12.4. The van der Waals surface area contributed by atoms with Crippen LogP contribution in [0.3, 0.4) is 0 Å². The fraction of sp³-hybridized carbons (Fsp3) is 0.308. The monoisotopic (exact) mass is 231 g/mol. The summed E-state index contributed by atoms with van der Waals surface area (Å²) in [6.45, 7) is 2.62. The third-order valence-corrected chi connectivity index (χ3v) is 2.61. The van der Waals surface area contributed by atoms with E-state index in [0.717, 1.165) is 16.9 Å². The number of benzene rings is 1. The topological polar surface area (TPSA) is 53.1 Å². The highest BCUT2D eigenvalue weighted by molar-refractivity contribution is 5.35. The molecule has 1 unspecified atom stereocenters. The summed E-state index contributed by atoms with van der Waals surface area (Å²) in [5, 5.41) is 4.13. The maximum Gasteiger partial charge on any atom is 0.119 e. The van der Waals surface area contributed by atoms with Gasteiger partial charge in [-0.1, -0.05) is 12.1 Å². The molecule has 0 aliphatic heterocycles. The number of aryl methyl sites for hydroxylation is 1. The molecule has 1 aromatic carbocycles. The summed E-state index contributed by atoms with van der Waals surface area (Å²) >= 11 is 0. The van der Waals surface area contributed by atoms with Crippen LogP contribution in [0.4, 0.5) is 0 Å². The van der Waals surface area contributed by atoms with Crippen LogP contribution in [0.2, 0.25) is 0 Å². The van der Waals surface area contributed by atoms with Crippen molar-refractivity contribution >= 4 is 0 Å². The molecular formula is C13H17N3O. The third-order valence-electron chi connectivity index (χ3n) is 2.61. The molecule has 0 bridgehead atoms. The lowest BCUT2D eigenvalue weighted by molar-refractivity contribution is 0.340. The Bertz CT molecular complexity index is 493. The minimum atomic E-state index is -0.163. The first-order valence-electron chi connectivity index (χ1n) is 5.67. The zero-order valence-electron chi connectivity index (χ0n) is 10.1. The summed E-state index contributed by atoms with van der Waals surface area (Å²) in [4.78, 5) is 0. The van der Waals surface area contributed by atoms with Crippen LogP contribution in [-0.2, 0) is 7.05 Å². The van der Waals surface area contributed by atoms with Crippen molar-refractivity contribution in [2.24, 2.45) is 12.8 Å². The molecule has 0 spiro atoms. The van der Waals surface area contributed by atoms with Gasteiger partial charge in [0.2, 0.25) is 0 Å². The molecule has 0 aliphatic rings. The van der Waals surface area contributed by atoms with Crippen molar-refractivity contribution in [3.63, 3.8) is 0 Å². The van der Waals surface area contributed by atoms with Crippen LogP contribution in [0, 0.1) is 0 Å². The lowest BCUT2D eigenvalue weighted by Gasteiger charge is -2.11. The highest BCUT2D eigenvalue weighted by Crippen LogP contribution is 2.22. The fourth-order valence-electron chi connectivity index (χ4n) is 1.76. The van der Waals surface area contributed by atoms with Gasteiger partial charge in [-0.15, -0.1) is 0 Å². The fourth-order valence-corrected chi connectivity index (χ4v) is 1.76. The summed E-state index contributed by atoms with van der Waals surface area (Å²) in [6.07, 6.45) is 3.72. The van der Waals surface area contributed by atoms with Crippen LogP contribution < -0.4 is 10.5 Å². The van der Waals surface area contributed by atoms with Gasteiger partial charge < -0.3 is 10.5 Å². The molecule has 0 fully saturated rings. The average Bonchev–Trinajstić information content (AvgIpc) is 2.76. The van der Waals surface area contributed by atoms with E-state index >= 15 is 0 Å². The molecule has 0 radical (unpaired) electrons. The molecule has 17 heavy (non-hydrogen) atoms. The van der Waals surface area contributed by atoms with E-state index in [1.54, 1.807) is 10.9 Å². The second-order valence-corrected chi connectivity index (χ2v) is 3.93. The van der Waals surface area contributed by atoms with Crippen LogP contribution in [-0.4, -0.2) is 16.4 Å². The first kappa shape index (κ1) is 11.7. The Balaban J connectivity index is 2.24. The smallest absolute Gasteiger partial charge is 0.119 e. The van der Waals surface area contributed by atoms with Gasteiger partial charge in [0, 0.05) is 18.8 Å². The number of aromatic nitrogens is 2. The van der Waals surface area contributed by atoms with Crippen molar-refractivity contribution in [1.29, 1.82) is 0 Å². The highest BCUT2D eigenvalue weighted by Gasteiger charge is 2.11. The van der Waals surface area contributed by atoms with Gasteiger partial charge in [0.1, 0.15) is 5.75 Å². The van der Waals surface area contributed by atoms with Gasteiger partial charge in [-0.2, -0.15) is 5.10 Å². The van der Waals surface area contributed by atoms with Gasteiger partial charge in [-0.25, -0.2) is 0 Å². The van der Waals surface area contributed by atoms with Gasteiger partial charge in [0.15, 0.2) is 0 Å². The maximum atomic E-state index is 6.19. The quantitative estimate of drug-likeness (QED) is 0.874. The third kappa shape index (κ3) is 2.65. The van der Waals surface area contributed by atoms with E-state index in [1.165, 1.54) is 0 Å².